The number of rotatable bonds is 7. The largest absolute Gasteiger partial charge is 0.484 e. The number of hydrogen-bond acceptors (Lipinski definition) is 4. The third-order valence-corrected chi connectivity index (χ3v) is 6.92. The minimum atomic E-state index is -0.464. The van der Waals surface area contributed by atoms with E-state index in [0.717, 1.165) is 19.3 Å². The molecule has 2 bridgehead atoms. The summed E-state index contributed by atoms with van der Waals surface area (Å²) in [5.41, 5.74) is -0.352. The third kappa shape index (κ3) is 3.83. The molecular weight excluding hydrogens is 439 g/mol. The average Bonchev–Trinajstić information content (AvgIpc) is 3.05. The summed E-state index contributed by atoms with van der Waals surface area (Å²) < 4.78 is 11.4. The Morgan fingerprint density at radius 2 is 1.58 bits per heavy atom. The van der Waals surface area contributed by atoms with Gasteiger partial charge in [-0.05, 0) is 67.8 Å². The molecule has 2 aromatic rings. The second-order valence-electron chi connectivity index (χ2n) is 8.66. The molecule has 0 radical (unpaired) electrons. The van der Waals surface area contributed by atoms with Gasteiger partial charge < -0.3 is 19.7 Å². The fraction of sp³-hybridized carbons (Fsp3) is 0.391. The van der Waals surface area contributed by atoms with Crippen molar-refractivity contribution in [1.82, 2.24) is 10.2 Å². The number of nitrogens with one attached hydrogen (secondary N) is 1. The first-order valence-corrected chi connectivity index (χ1v) is 11.1. The maximum absolute atomic E-state index is 12.9. The van der Waals surface area contributed by atoms with Gasteiger partial charge in [0, 0.05) is 34.1 Å². The Balaban J connectivity index is 1.10. The van der Waals surface area contributed by atoms with Crippen molar-refractivity contribution in [2.45, 2.75) is 42.9 Å². The van der Waals surface area contributed by atoms with Crippen molar-refractivity contribution >= 4 is 35.0 Å². The summed E-state index contributed by atoms with van der Waals surface area (Å²) in [6.07, 6.45) is 2.55. The zero-order valence-corrected chi connectivity index (χ0v) is 18.3. The summed E-state index contributed by atoms with van der Waals surface area (Å²) in [4.78, 5) is 27.2. The first kappa shape index (κ1) is 20.5. The van der Waals surface area contributed by atoms with Gasteiger partial charge in [-0.1, -0.05) is 23.2 Å². The van der Waals surface area contributed by atoms with Gasteiger partial charge in [0.25, 0.3) is 11.8 Å². The molecule has 1 aliphatic heterocycles. The van der Waals surface area contributed by atoms with E-state index >= 15 is 0 Å². The lowest BCUT2D eigenvalue weighted by atomic mass is 9.43. The summed E-state index contributed by atoms with van der Waals surface area (Å²) in [5, 5.41) is 4.34. The van der Waals surface area contributed by atoms with Crippen molar-refractivity contribution in [1.29, 1.82) is 0 Å². The molecule has 4 fully saturated rings. The van der Waals surface area contributed by atoms with E-state index in [9.17, 15) is 9.59 Å². The second-order valence-corrected chi connectivity index (χ2v) is 9.54. The molecule has 31 heavy (non-hydrogen) atoms. The van der Waals surface area contributed by atoms with Gasteiger partial charge in [0.1, 0.15) is 11.5 Å². The van der Waals surface area contributed by atoms with Gasteiger partial charge in [-0.2, -0.15) is 0 Å². The summed E-state index contributed by atoms with van der Waals surface area (Å²) in [7, 11) is 0. The Labute approximate surface area is 190 Å². The highest BCUT2D eigenvalue weighted by molar-refractivity contribution is 6.30. The smallest absolute Gasteiger partial charge is 0.264 e. The summed E-state index contributed by atoms with van der Waals surface area (Å²) >= 11 is 11.8. The van der Waals surface area contributed by atoms with Crippen molar-refractivity contribution < 1.29 is 19.1 Å². The molecule has 162 valence electrons. The summed E-state index contributed by atoms with van der Waals surface area (Å²) in [5.74, 6) is 1.12. The molecule has 1 atom stereocenters. The van der Waals surface area contributed by atoms with Gasteiger partial charge in [-0.25, -0.2) is 0 Å². The third-order valence-electron chi connectivity index (χ3n) is 6.41. The normalized spacial score (nSPS) is 28.5. The van der Waals surface area contributed by atoms with Crippen LogP contribution in [0.1, 0.15) is 25.7 Å². The Morgan fingerprint density at radius 1 is 1.00 bits per heavy atom. The van der Waals surface area contributed by atoms with E-state index in [1.807, 2.05) is 4.90 Å². The molecule has 1 N–H and O–H groups in total. The summed E-state index contributed by atoms with van der Waals surface area (Å²) in [6, 6.07) is 13.9. The van der Waals surface area contributed by atoms with Crippen LogP contribution in [0, 0.1) is 0 Å². The number of likely N-dealkylation sites (tertiary alicyclic amines) is 1. The number of halogens is 2. The molecule has 0 unspecified atom stereocenters. The van der Waals surface area contributed by atoms with Gasteiger partial charge >= 0.3 is 0 Å². The molecule has 8 heteroatoms. The van der Waals surface area contributed by atoms with Gasteiger partial charge in [0.2, 0.25) is 0 Å². The predicted molar refractivity (Wildman–Crippen MR) is 117 cm³/mol. The molecule has 6 rings (SSSR count). The van der Waals surface area contributed by atoms with Crippen LogP contribution in [0.25, 0.3) is 0 Å². The fourth-order valence-corrected chi connectivity index (χ4v) is 5.33. The predicted octanol–water partition coefficient (Wildman–Crippen LogP) is 3.84. The highest BCUT2D eigenvalue weighted by Gasteiger charge is 2.72. The molecule has 4 aliphatic rings. The quantitative estimate of drug-likeness (QED) is 0.681. The van der Waals surface area contributed by atoms with Crippen LogP contribution in [0.15, 0.2) is 48.5 Å². The number of benzene rings is 2. The zero-order chi connectivity index (χ0) is 21.6. The maximum atomic E-state index is 12.9. The molecule has 2 aromatic carbocycles. The number of amides is 2. The van der Waals surface area contributed by atoms with Crippen LogP contribution < -0.4 is 14.8 Å². The lowest BCUT2D eigenvalue weighted by Crippen LogP contribution is -2.84. The molecule has 1 saturated heterocycles. The first-order valence-electron chi connectivity index (χ1n) is 10.3. The standard InChI is InChI=1S/C23H22Cl2N2O4/c24-15-1-5-17(6-2-15)30-11-20(28)26-22-12-23(13-22,14-22)27-10-9-19(21(27)29)31-18-7-3-16(25)4-8-18/h1-8,19H,9-14H2,(H,26,28)/t19-,22?,23?/m1/s1. The van der Waals surface area contributed by atoms with E-state index in [2.05, 4.69) is 5.32 Å². The molecule has 0 spiro atoms. The van der Waals surface area contributed by atoms with Gasteiger partial charge in [-0.3, -0.25) is 9.59 Å². The number of ether oxygens (including phenoxy) is 2. The first-order chi connectivity index (χ1) is 14.9. The van der Waals surface area contributed by atoms with E-state index < -0.39 is 6.10 Å². The van der Waals surface area contributed by atoms with Crippen LogP contribution in [0.5, 0.6) is 11.5 Å². The Kier molecular flexibility index (Phi) is 5.02. The van der Waals surface area contributed by atoms with E-state index in [1.165, 1.54) is 0 Å². The van der Waals surface area contributed by atoms with Crippen molar-refractivity contribution in [3.05, 3.63) is 58.6 Å². The second kappa shape index (κ2) is 7.61. The Morgan fingerprint density at radius 3 is 2.19 bits per heavy atom. The van der Waals surface area contributed by atoms with Crippen LogP contribution in [0.3, 0.4) is 0 Å². The molecule has 2 amide bonds. The number of carbonyl (C=O) groups is 2. The van der Waals surface area contributed by atoms with Gasteiger partial charge in [-0.15, -0.1) is 0 Å². The van der Waals surface area contributed by atoms with E-state index in [4.69, 9.17) is 32.7 Å². The highest BCUT2D eigenvalue weighted by Crippen LogP contribution is 2.64. The minimum Gasteiger partial charge on any atom is -0.484 e. The molecule has 6 nitrogen and oxygen atoms in total. The van der Waals surface area contributed by atoms with E-state index in [1.54, 1.807) is 48.5 Å². The highest BCUT2D eigenvalue weighted by atomic mass is 35.5. The Bertz CT molecular complexity index is 989. The van der Waals surface area contributed by atoms with Gasteiger partial charge in [0.15, 0.2) is 12.7 Å². The SMILES string of the molecule is O=C(COc1ccc(Cl)cc1)NC12CC(N3CC[C@@H](Oc4ccc(Cl)cc4)C3=O)(C1)C2. The van der Waals surface area contributed by atoms with Crippen molar-refractivity contribution in [3.63, 3.8) is 0 Å². The maximum Gasteiger partial charge on any atom is 0.264 e. The number of nitrogens with zero attached hydrogens (tertiary/aromatic N) is 1. The monoisotopic (exact) mass is 460 g/mol. The van der Waals surface area contributed by atoms with Crippen LogP contribution in [-0.2, 0) is 9.59 Å². The van der Waals surface area contributed by atoms with Crippen LogP contribution >= 0.6 is 23.2 Å². The zero-order valence-electron chi connectivity index (χ0n) is 16.8. The van der Waals surface area contributed by atoms with Crippen molar-refractivity contribution in [2.24, 2.45) is 0 Å². The lowest BCUT2D eigenvalue weighted by molar-refractivity contribution is -0.188. The fourth-order valence-electron chi connectivity index (χ4n) is 5.08. The van der Waals surface area contributed by atoms with Gasteiger partial charge in [0.05, 0.1) is 0 Å². The van der Waals surface area contributed by atoms with Crippen molar-refractivity contribution in [2.75, 3.05) is 13.2 Å². The minimum absolute atomic E-state index is 0.0284. The van der Waals surface area contributed by atoms with Crippen LogP contribution in [0.2, 0.25) is 10.0 Å². The number of carbonyl (C=O) groups excluding carboxylic acids is 2. The van der Waals surface area contributed by atoms with Crippen LogP contribution in [-0.4, -0.2) is 47.0 Å². The molecule has 3 aliphatic carbocycles. The topological polar surface area (TPSA) is 67.9 Å². The Hall–Kier alpha value is -2.44. The molecule has 3 saturated carbocycles. The van der Waals surface area contributed by atoms with E-state index in [0.29, 0.717) is 34.5 Å². The van der Waals surface area contributed by atoms with Crippen LogP contribution in [0.4, 0.5) is 0 Å². The van der Waals surface area contributed by atoms with E-state index in [-0.39, 0.29) is 29.5 Å². The molecular formula is C23H22Cl2N2O4. The molecule has 0 aromatic heterocycles. The van der Waals surface area contributed by atoms with Crippen molar-refractivity contribution in [3.8, 4) is 11.5 Å². The number of hydrogen-bond donors (Lipinski definition) is 1. The average molecular weight is 461 g/mol. The lowest BCUT2D eigenvalue weighted by Gasteiger charge is -2.73. The summed E-state index contributed by atoms with van der Waals surface area (Å²) in [6.45, 7) is 0.636. The molecule has 1 heterocycles.